The fraction of sp³-hybridized carbons (Fsp3) is 0.444. The summed E-state index contributed by atoms with van der Waals surface area (Å²) in [6.07, 6.45) is 8.75. The third-order valence-electron chi connectivity index (χ3n) is 1.17. The molecule has 0 saturated heterocycles. The zero-order valence-electron chi connectivity index (χ0n) is 6.96. The van der Waals surface area contributed by atoms with Crippen LogP contribution < -0.4 is 0 Å². The molecule has 0 N–H and O–H groups in total. The summed E-state index contributed by atoms with van der Waals surface area (Å²) in [5.41, 5.74) is 1.24. The van der Waals surface area contributed by atoms with Gasteiger partial charge in [-0.05, 0) is 26.3 Å². The molecule has 0 spiro atoms. The van der Waals surface area contributed by atoms with Gasteiger partial charge in [0.15, 0.2) is 0 Å². The highest BCUT2D eigenvalue weighted by atomic mass is 14.7. The Morgan fingerprint density at radius 1 is 1.50 bits per heavy atom. The summed E-state index contributed by atoms with van der Waals surface area (Å²) in [7, 11) is 0. The van der Waals surface area contributed by atoms with Crippen LogP contribution >= 0.6 is 0 Å². The Morgan fingerprint density at radius 2 is 2.20 bits per heavy atom. The molecule has 0 aromatic heterocycles. The first-order valence-electron chi connectivity index (χ1n) is 3.62. The quantitative estimate of drug-likeness (QED) is 0.419. The SMILES string of the molecule is CC=C(C)/C=C\N=CCC. The van der Waals surface area contributed by atoms with Crippen molar-refractivity contribution in [2.75, 3.05) is 0 Å². The minimum Gasteiger partial charge on any atom is -0.269 e. The van der Waals surface area contributed by atoms with Gasteiger partial charge in [0.25, 0.3) is 0 Å². The number of allylic oxidation sites excluding steroid dienone is 3. The van der Waals surface area contributed by atoms with Crippen molar-refractivity contribution in [2.24, 2.45) is 4.99 Å². The van der Waals surface area contributed by atoms with Crippen molar-refractivity contribution in [3.8, 4) is 0 Å². The standard InChI is InChI=1S/C9H15N/c1-4-7-10-8-6-9(3)5-2/h5-8H,4H2,1-3H3/b8-6-,9-5?,10-7?. The smallest absolute Gasteiger partial charge is 0.0266 e. The Bertz CT molecular complexity index is 152. The zero-order chi connectivity index (χ0) is 7.82. The Labute approximate surface area is 63.2 Å². The molecule has 0 aromatic carbocycles. The number of aliphatic imine (C=N–C) groups is 1. The molecule has 10 heavy (non-hydrogen) atoms. The predicted molar refractivity (Wildman–Crippen MR) is 47.4 cm³/mol. The van der Waals surface area contributed by atoms with Crippen molar-refractivity contribution >= 4 is 6.21 Å². The predicted octanol–water partition coefficient (Wildman–Crippen LogP) is 2.95. The first-order chi connectivity index (χ1) is 4.81. The molecule has 0 radical (unpaired) electrons. The number of nitrogens with zero attached hydrogens (tertiary/aromatic N) is 1. The van der Waals surface area contributed by atoms with E-state index in [1.165, 1.54) is 5.57 Å². The van der Waals surface area contributed by atoms with E-state index in [4.69, 9.17) is 0 Å². The van der Waals surface area contributed by atoms with Crippen LogP contribution in [0, 0.1) is 0 Å². The first-order valence-corrected chi connectivity index (χ1v) is 3.62. The van der Waals surface area contributed by atoms with E-state index in [2.05, 4.69) is 24.9 Å². The summed E-state index contributed by atoms with van der Waals surface area (Å²) in [4.78, 5) is 4.03. The van der Waals surface area contributed by atoms with Crippen molar-refractivity contribution in [3.63, 3.8) is 0 Å². The molecule has 0 aromatic rings. The lowest BCUT2D eigenvalue weighted by molar-refractivity contribution is 1.31. The van der Waals surface area contributed by atoms with Crippen molar-refractivity contribution in [1.29, 1.82) is 0 Å². The molecule has 0 rings (SSSR count). The minimum atomic E-state index is 0.999. The third-order valence-corrected chi connectivity index (χ3v) is 1.17. The van der Waals surface area contributed by atoms with Gasteiger partial charge in [-0.25, -0.2) is 0 Å². The summed E-state index contributed by atoms with van der Waals surface area (Å²) < 4.78 is 0. The molecule has 0 aliphatic carbocycles. The van der Waals surface area contributed by atoms with E-state index in [0.717, 1.165) is 6.42 Å². The molecule has 0 amide bonds. The summed E-state index contributed by atoms with van der Waals surface area (Å²) in [5.74, 6) is 0. The van der Waals surface area contributed by atoms with Gasteiger partial charge in [0.1, 0.15) is 0 Å². The summed E-state index contributed by atoms with van der Waals surface area (Å²) in [6, 6.07) is 0. The van der Waals surface area contributed by atoms with Crippen LogP contribution in [0.15, 0.2) is 28.9 Å². The van der Waals surface area contributed by atoms with E-state index >= 15 is 0 Å². The molecule has 0 heterocycles. The first kappa shape index (κ1) is 9.15. The normalized spacial score (nSPS) is 13.7. The highest BCUT2D eigenvalue weighted by Crippen LogP contribution is 1.92. The van der Waals surface area contributed by atoms with E-state index in [1.54, 1.807) is 0 Å². The molecule has 0 atom stereocenters. The Morgan fingerprint density at radius 3 is 2.70 bits per heavy atom. The highest BCUT2D eigenvalue weighted by Gasteiger charge is 1.72. The van der Waals surface area contributed by atoms with Crippen LogP contribution in [-0.4, -0.2) is 6.21 Å². The number of hydrogen-bond donors (Lipinski definition) is 0. The Kier molecular flexibility index (Phi) is 5.74. The molecule has 0 saturated carbocycles. The van der Waals surface area contributed by atoms with Gasteiger partial charge in [-0.15, -0.1) is 0 Å². The van der Waals surface area contributed by atoms with Crippen LogP contribution in [0.3, 0.4) is 0 Å². The maximum Gasteiger partial charge on any atom is 0.0266 e. The molecule has 0 bridgehead atoms. The van der Waals surface area contributed by atoms with Gasteiger partial charge >= 0.3 is 0 Å². The lowest BCUT2D eigenvalue weighted by Gasteiger charge is -1.83. The van der Waals surface area contributed by atoms with E-state index in [1.807, 2.05) is 25.4 Å². The van der Waals surface area contributed by atoms with Gasteiger partial charge in [-0.2, -0.15) is 0 Å². The topological polar surface area (TPSA) is 12.4 Å². The molecule has 1 nitrogen and oxygen atoms in total. The molecule has 0 fully saturated rings. The van der Waals surface area contributed by atoms with Gasteiger partial charge in [-0.3, -0.25) is 4.99 Å². The van der Waals surface area contributed by atoms with E-state index in [9.17, 15) is 0 Å². The Hall–Kier alpha value is -0.850. The van der Waals surface area contributed by atoms with Gasteiger partial charge in [0, 0.05) is 12.4 Å². The maximum atomic E-state index is 4.03. The molecular weight excluding hydrogens is 122 g/mol. The van der Waals surface area contributed by atoms with E-state index in [-0.39, 0.29) is 0 Å². The largest absolute Gasteiger partial charge is 0.269 e. The number of rotatable bonds is 3. The third kappa shape index (κ3) is 5.29. The summed E-state index contributed by atoms with van der Waals surface area (Å²) in [5, 5.41) is 0. The fourth-order valence-electron chi connectivity index (χ4n) is 0.423. The van der Waals surface area contributed by atoms with Crippen molar-refractivity contribution in [2.45, 2.75) is 27.2 Å². The Balaban J connectivity index is 3.66. The lowest BCUT2D eigenvalue weighted by atomic mass is 10.3. The second-order valence-corrected chi connectivity index (χ2v) is 2.09. The van der Waals surface area contributed by atoms with Crippen molar-refractivity contribution in [1.82, 2.24) is 0 Å². The summed E-state index contributed by atoms with van der Waals surface area (Å²) >= 11 is 0. The van der Waals surface area contributed by atoms with Gasteiger partial charge in [0.2, 0.25) is 0 Å². The van der Waals surface area contributed by atoms with Crippen LogP contribution in [0.5, 0.6) is 0 Å². The summed E-state index contributed by atoms with van der Waals surface area (Å²) in [6.45, 7) is 6.14. The molecular formula is C9H15N. The average molecular weight is 137 g/mol. The van der Waals surface area contributed by atoms with Gasteiger partial charge < -0.3 is 0 Å². The molecule has 0 unspecified atom stereocenters. The molecule has 1 heteroatoms. The second-order valence-electron chi connectivity index (χ2n) is 2.09. The number of hydrogen-bond acceptors (Lipinski definition) is 1. The molecule has 0 aliphatic heterocycles. The van der Waals surface area contributed by atoms with Crippen LogP contribution in [0.1, 0.15) is 27.2 Å². The van der Waals surface area contributed by atoms with Crippen LogP contribution in [-0.2, 0) is 0 Å². The zero-order valence-corrected chi connectivity index (χ0v) is 6.96. The maximum absolute atomic E-state index is 4.03. The van der Waals surface area contributed by atoms with Crippen LogP contribution in [0.25, 0.3) is 0 Å². The van der Waals surface area contributed by atoms with E-state index in [0.29, 0.717) is 0 Å². The van der Waals surface area contributed by atoms with Gasteiger partial charge in [-0.1, -0.05) is 18.6 Å². The molecule has 0 aliphatic rings. The van der Waals surface area contributed by atoms with E-state index < -0.39 is 0 Å². The molecule has 56 valence electrons. The minimum absolute atomic E-state index is 0.999. The van der Waals surface area contributed by atoms with Crippen LogP contribution in [0.4, 0.5) is 0 Å². The van der Waals surface area contributed by atoms with Crippen molar-refractivity contribution < 1.29 is 0 Å². The highest BCUT2D eigenvalue weighted by molar-refractivity contribution is 5.57. The monoisotopic (exact) mass is 137 g/mol. The fourth-order valence-corrected chi connectivity index (χ4v) is 0.423. The average Bonchev–Trinajstić information content (AvgIpc) is 1.98. The van der Waals surface area contributed by atoms with Crippen LogP contribution in [0.2, 0.25) is 0 Å². The van der Waals surface area contributed by atoms with Gasteiger partial charge in [0.05, 0.1) is 0 Å². The van der Waals surface area contributed by atoms with Crippen molar-refractivity contribution in [3.05, 3.63) is 23.9 Å². The second kappa shape index (κ2) is 6.27. The lowest BCUT2D eigenvalue weighted by Crippen LogP contribution is -1.65.